The summed E-state index contributed by atoms with van der Waals surface area (Å²) in [6, 6.07) is 3.56. The molecule has 0 bridgehead atoms. The molecular weight excluding hydrogens is 306 g/mol. The number of halogens is 1. The van der Waals surface area contributed by atoms with E-state index in [4.69, 9.17) is 0 Å². The van der Waals surface area contributed by atoms with E-state index >= 15 is 0 Å². The highest BCUT2D eigenvalue weighted by Crippen LogP contribution is 2.34. The molecule has 0 aliphatic rings. The van der Waals surface area contributed by atoms with Crippen molar-refractivity contribution >= 4 is 32.6 Å². The van der Waals surface area contributed by atoms with Crippen LogP contribution in [0.2, 0.25) is 0 Å². The van der Waals surface area contributed by atoms with Crippen LogP contribution in [0.15, 0.2) is 16.6 Å². The van der Waals surface area contributed by atoms with Gasteiger partial charge in [-0.2, -0.15) is 0 Å². The number of hydrogen-bond acceptors (Lipinski definition) is 2. The normalized spacial score (nSPS) is 11.2. The Kier molecular flexibility index (Phi) is 3.99. The summed E-state index contributed by atoms with van der Waals surface area (Å²) in [6.07, 6.45) is 2.17. The third-order valence-corrected chi connectivity index (χ3v) is 4.11. The van der Waals surface area contributed by atoms with Crippen LogP contribution in [0.3, 0.4) is 0 Å². The summed E-state index contributed by atoms with van der Waals surface area (Å²) in [5.74, 6) is 0.210. The van der Waals surface area contributed by atoms with Crippen molar-refractivity contribution in [2.45, 2.75) is 40.2 Å². The van der Waals surface area contributed by atoms with Crippen LogP contribution < -0.4 is 0 Å². The Morgan fingerprint density at radius 1 is 1.42 bits per heavy atom. The van der Waals surface area contributed by atoms with Crippen molar-refractivity contribution in [3.63, 3.8) is 0 Å². The summed E-state index contributed by atoms with van der Waals surface area (Å²) in [4.78, 5) is 11.9. The number of phenols is 1. The number of rotatable bonds is 4. The molecule has 1 heterocycles. The Morgan fingerprint density at radius 2 is 2.11 bits per heavy atom. The predicted octanol–water partition coefficient (Wildman–Crippen LogP) is 4.42. The molecule has 1 N–H and O–H groups in total. The summed E-state index contributed by atoms with van der Waals surface area (Å²) in [7, 11) is 0. The number of unbranched alkanes of at least 4 members (excludes halogenated alkanes) is 1. The largest absolute Gasteiger partial charge is 0.507 e. The zero-order valence-corrected chi connectivity index (χ0v) is 13.0. The first-order valence-electron chi connectivity index (χ1n) is 6.49. The Hall–Kier alpha value is -1.29. The molecule has 1 aromatic carbocycles. The average Bonchev–Trinajstić information content (AvgIpc) is 2.59. The lowest BCUT2D eigenvalue weighted by atomic mass is 10.1. The van der Waals surface area contributed by atoms with Crippen molar-refractivity contribution in [3.05, 3.63) is 27.9 Å². The van der Waals surface area contributed by atoms with Gasteiger partial charge in [0.2, 0.25) is 0 Å². The highest BCUT2D eigenvalue weighted by atomic mass is 79.9. The summed E-state index contributed by atoms with van der Waals surface area (Å²) >= 11 is 3.34. The minimum atomic E-state index is 0.0412. The van der Waals surface area contributed by atoms with E-state index in [9.17, 15) is 9.90 Å². The maximum Gasteiger partial charge on any atom is 0.162 e. The smallest absolute Gasteiger partial charge is 0.162 e. The SMILES string of the molecule is CCCCn1c(C)c(C(C)=O)c2cc(O)c(Br)cc21. The van der Waals surface area contributed by atoms with E-state index in [2.05, 4.69) is 27.4 Å². The van der Waals surface area contributed by atoms with Crippen molar-refractivity contribution in [3.8, 4) is 5.75 Å². The first-order chi connectivity index (χ1) is 8.97. The molecule has 4 heteroatoms. The van der Waals surface area contributed by atoms with E-state index in [1.54, 1.807) is 13.0 Å². The van der Waals surface area contributed by atoms with E-state index in [1.807, 2.05) is 13.0 Å². The summed E-state index contributed by atoms with van der Waals surface area (Å²) < 4.78 is 2.82. The number of hydrogen-bond donors (Lipinski definition) is 1. The molecule has 102 valence electrons. The fraction of sp³-hybridized carbons (Fsp3) is 0.400. The molecule has 3 nitrogen and oxygen atoms in total. The number of benzene rings is 1. The molecule has 2 aromatic rings. The number of carbonyl (C=O) groups excluding carboxylic acids is 1. The first-order valence-corrected chi connectivity index (χ1v) is 7.28. The van der Waals surface area contributed by atoms with Gasteiger partial charge in [0, 0.05) is 23.2 Å². The second-order valence-electron chi connectivity index (χ2n) is 4.84. The number of ketones is 1. The van der Waals surface area contributed by atoms with Crippen molar-refractivity contribution in [2.75, 3.05) is 0 Å². The number of carbonyl (C=O) groups is 1. The molecule has 0 saturated heterocycles. The molecular formula is C15H18BrNO2. The first kappa shape index (κ1) is 14.1. The van der Waals surface area contributed by atoms with Crippen molar-refractivity contribution in [2.24, 2.45) is 0 Å². The average molecular weight is 324 g/mol. The van der Waals surface area contributed by atoms with E-state index in [1.165, 1.54) is 0 Å². The maximum absolute atomic E-state index is 11.9. The van der Waals surface area contributed by atoms with Gasteiger partial charge in [-0.05, 0) is 48.3 Å². The Morgan fingerprint density at radius 3 is 2.68 bits per heavy atom. The topological polar surface area (TPSA) is 42.2 Å². The second-order valence-corrected chi connectivity index (χ2v) is 5.70. The molecule has 0 amide bonds. The van der Waals surface area contributed by atoms with Gasteiger partial charge in [0.05, 0.1) is 9.99 Å². The van der Waals surface area contributed by atoms with Crippen LogP contribution >= 0.6 is 15.9 Å². The van der Waals surface area contributed by atoms with Gasteiger partial charge in [0.15, 0.2) is 5.78 Å². The Labute approximate surface area is 121 Å². The highest BCUT2D eigenvalue weighted by Gasteiger charge is 2.18. The fourth-order valence-corrected chi connectivity index (χ4v) is 2.87. The monoisotopic (exact) mass is 323 g/mol. The molecule has 0 unspecified atom stereocenters. The van der Waals surface area contributed by atoms with Crippen LogP contribution in [0.25, 0.3) is 10.9 Å². The van der Waals surface area contributed by atoms with Gasteiger partial charge in [0.1, 0.15) is 5.75 Å². The van der Waals surface area contributed by atoms with Gasteiger partial charge in [-0.15, -0.1) is 0 Å². The summed E-state index contributed by atoms with van der Waals surface area (Å²) in [5.41, 5.74) is 2.70. The van der Waals surface area contributed by atoms with Gasteiger partial charge in [-0.3, -0.25) is 4.79 Å². The molecule has 0 fully saturated rings. The molecule has 19 heavy (non-hydrogen) atoms. The number of nitrogens with zero attached hydrogens (tertiary/aromatic N) is 1. The van der Waals surface area contributed by atoms with Gasteiger partial charge in [-0.25, -0.2) is 0 Å². The minimum Gasteiger partial charge on any atom is -0.507 e. The van der Waals surface area contributed by atoms with E-state index < -0.39 is 0 Å². The predicted molar refractivity (Wildman–Crippen MR) is 81.0 cm³/mol. The Bertz CT molecular complexity index is 643. The lowest BCUT2D eigenvalue weighted by Crippen LogP contribution is -2.02. The molecule has 0 radical (unpaired) electrons. The highest BCUT2D eigenvalue weighted by molar-refractivity contribution is 9.10. The standard InChI is InChI=1S/C15H18BrNO2/c1-4-5-6-17-9(2)15(10(3)18)11-7-14(19)12(16)8-13(11)17/h7-8,19H,4-6H2,1-3H3. The number of aromatic nitrogens is 1. The molecule has 0 aliphatic carbocycles. The summed E-state index contributed by atoms with van der Waals surface area (Å²) in [6.45, 7) is 6.58. The van der Waals surface area contributed by atoms with E-state index in [-0.39, 0.29) is 11.5 Å². The quantitative estimate of drug-likeness (QED) is 0.846. The zero-order valence-electron chi connectivity index (χ0n) is 11.5. The zero-order chi connectivity index (χ0) is 14.2. The third kappa shape index (κ3) is 2.41. The number of aromatic hydroxyl groups is 1. The number of aryl methyl sites for hydroxylation is 1. The van der Waals surface area contributed by atoms with Crippen molar-refractivity contribution in [1.29, 1.82) is 0 Å². The van der Waals surface area contributed by atoms with Crippen LogP contribution in [0.5, 0.6) is 5.75 Å². The molecule has 0 aliphatic heterocycles. The van der Waals surface area contributed by atoms with Gasteiger partial charge >= 0.3 is 0 Å². The lowest BCUT2D eigenvalue weighted by molar-refractivity contribution is 0.101. The number of fused-ring (bicyclic) bond motifs is 1. The third-order valence-electron chi connectivity index (χ3n) is 3.48. The van der Waals surface area contributed by atoms with Crippen LogP contribution in [0.1, 0.15) is 42.7 Å². The molecule has 0 saturated carbocycles. The van der Waals surface area contributed by atoms with Crippen LogP contribution in [0.4, 0.5) is 0 Å². The molecule has 0 atom stereocenters. The van der Waals surface area contributed by atoms with Crippen LogP contribution in [-0.4, -0.2) is 15.5 Å². The van der Waals surface area contributed by atoms with Gasteiger partial charge in [0.25, 0.3) is 0 Å². The number of Topliss-reactive ketones (excluding diaryl/α,β-unsaturated/α-hetero) is 1. The maximum atomic E-state index is 11.9. The molecule has 0 spiro atoms. The van der Waals surface area contributed by atoms with Gasteiger partial charge in [-0.1, -0.05) is 13.3 Å². The van der Waals surface area contributed by atoms with Gasteiger partial charge < -0.3 is 9.67 Å². The minimum absolute atomic E-state index is 0.0412. The van der Waals surface area contributed by atoms with Crippen molar-refractivity contribution < 1.29 is 9.90 Å². The fourth-order valence-electron chi connectivity index (χ4n) is 2.53. The molecule has 2 rings (SSSR count). The lowest BCUT2D eigenvalue weighted by Gasteiger charge is -2.07. The summed E-state index contributed by atoms with van der Waals surface area (Å²) in [5, 5.41) is 10.7. The van der Waals surface area contributed by atoms with Crippen molar-refractivity contribution in [1.82, 2.24) is 4.57 Å². The van der Waals surface area contributed by atoms with E-state index in [0.29, 0.717) is 10.0 Å². The molecule has 1 aromatic heterocycles. The number of phenolic OH excluding ortho intramolecular Hbond substituents is 1. The van der Waals surface area contributed by atoms with Crippen LogP contribution in [0, 0.1) is 6.92 Å². The van der Waals surface area contributed by atoms with Crippen LogP contribution in [-0.2, 0) is 6.54 Å². The van der Waals surface area contributed by atoms with E-state index in [0.717, 1.165) is 36.0 Å². The Balaban J connectivity index is 2.76. The second kappa shape index (κ2) is 5.37.